The lowest BCUT2D eigenvalue weighted by Gasteiger charge is -2.13. The van der Waals surface area contributed by atoms with Gasteiger partial charge in [0.05, 0.1) is 0 Å². The number of hydrogen-bond acceptors (Lipinski definition) is 7. The van der Waals surface area contributed by atoms with Crippen molar-refractivity contribution in [2.24, 2.45) is 0 Å². The molecule has 2 rings (SSSR count). The number of anilines is 1. The highest BCUT2D eigenvalue weighted by Gasteiger charge is 2.08. The van der Waals surface area contributed by atoms with Crippen molar-refractivity contribution in [1.82, 2.24) is 20.1 Å². The van der Waals surface area contributed by atoms with E-state index in [1.165, 1.54) is 31.9 Å². The number of aromatic nitrogens is 3. The van der Waals surface area contributed by atoms with Crippen molar-refractivity contribution in [1.29, 1.82) is 0 Å². The largest absolute Gasteiger partial charge is 0.465 e. The van der Waals surface area contributed by atoms with Crippen LogP contribution in [0.5, 0.6) is 0 Å². The van der Waals surface area contributed by atoms with Crippen molar-refractivity contribution in [2.45, 2.75) is 26.0 Å². The number of rotatable bonds is 5. The minimum absolute atomic E-state index is 0.138. The fourth-order valence-corrected chi connectivity index (χ4v) is 1.88. The fraction of sp³-hybridized carbons (Fsp3) is 0.429. The van der Waals surface area contributed by atoms with Crippen LogP contribution in [0.4, 0.5) is 10.6 Å². The van der Waals surface area contributed by atoms with E-state index in [0.717, 1.165) is 0 Å². The van der Waals surface area contributed by atoms with Crippen LogP contribution in [0.25, 0.3) is 11.5 Å². The Hall–Kier alpha value is -2.13. The minimum Gasteiger partial charge on any atom is -0.465 e. The van der Waals surface area contributed by atoms with Gasteiger partial charge in [-0.2, -0.15) is 0 Å². The summed E-state index contributed by atoms with van der Waals surface area (Å²) in [6.45, 7) is 10.1. The molecule has 0 aliphatic rings. The van der Waals surface area contributed by atoms with Gasteiger partial charge in [0.2, 0.25) is 5.89 Å². The molecule has 2 aromatic heterocycles. The maximum absolute atomic E-state index is 10.4. The summed E-state index contributed by atoms with van der Waals surface area (Å²) in [7, 11) is 0. The van der Waals surface area contributed by atoms with Crippen molar-refractivity contribution < 1.29 is 14.3 Å². The average Bonchev–Trinajstić information content (AvgIpc) is 2.96. The topological polar surface area (TPSA) is 104 Å². The van der Waals surface area contributed by atoms with Gasteiger partial charge in [-0.05, 0) is 31.8 Å². The van der Waals surface area contributed by atoms with Gasteiger partial charge in [0.1, 0.15) is 5.82 Å². The molecule has 0 spiro atoms. The zero-order valence-electron chi connectivity index (χ0n) is 13.4. The lowest BCUT2D eigenvalue weighted by atomic mass is 10.2. The molecular weight excluding hydrogens is 318 g/mol. The van der Waals surface area contributed by atoms with E-state index >= 15 is 0 Å². The fourth-order valence-electron chi connectivity index (χ4n) is 1.74. The number of amides is 1. The monoisotopic (exact) mass is 339 g/mol. The standard InChI is InChI=1S/C8H6N4O3S.C6H15N/c13-7(14)10-5-3-4(1-2-9-5)6-11-12-8(16)15-6;1-4-7(5-2)6-3/h1-3H,(H,9,10)(H,12,16)(H,13,14);4-6H2,1-3H3. The van der Waals surface area contributed by atoms with Gasteiger partial charge in [0, 0.05) is 11.8 Å². The maximum atomic E-state index is 10.4. The van der Waals surface area contributed by atoms with Crippen molar-refractivity contribution >= 4 is 24.5 Å². The molecule has 8 nitrogen and oxygen atoms in total. The second-order valence-electron chi connectivity index (χ2n) is 4.37. The molecule has 0 saturated carbocycles. The van der Waals surface area contributed by atoms with Crippen LogP contribution in [0.15, 0.2) is 28.0 Å². The second kappa shape index (κ2) is 9.80. The van der Waals surface area contributed by atoms with Crippen LogP contribution in [0.2, 0.25) is 0 Å². The Morgan fingerprint density at radius 2 is 1.96 bits per heavy atom. The second-order valence-corrected chi connectivity index (χ2v) is 4.75. The smallest absolute Gasteiger partial charge is 0.410 e. The number of carboxylic acid groups (broad SMARTS) is 1. The molecular formula is C14H21N5O3S. The molecule has 0 saturated heterocycles. The third-order valence-corrected chi connectivity index (χ3v) is 3.18. The van der Waals surface area contributed by atoms with E-state index in [9.17, 15) is 4.79 Å². The summed E-state index contributed by atoms with van der Waals surface area (Å²) in [5.41, 5.74) is 0.562. The Kier molecular flexibility index (Phi) is 8.06. The number of thiol groups is 1. The summed E-state index contributed by atoms with van der Waals surface area (Å²) in [5.74, 6) is 0.435. The SMILES string of the molecule is CCN(CC)CC.O=C(O)Nc1cc(-c2nnc(S)o2)ccn1. The molecule has 1 amide bonds. The molecule has 0 unspecified atom stereocenters. The first-order valence-corrected chi connectivity index (χ1v) is 7.66. The third-order valence-electron chi connectivity index (χ3n) is 3.00. The summed E-state index contributed by atoms with van der Waals surface area (Å²) in [4.78, 5) is 16.6. The predicted molar refractivity (Wildman–Crippen MR) is 89.9 cm³/mol. The Bertz CT molecular complexity index is 610. The molecule has 0 fully saturated rings. The lowest BCUT2D eigenvalue weighted by molar-refractivity contribution is 0.209. The van der Waals surface area contributed by atoms with Crippen LogP contribution >= 0.6 is 12.6 Å². The van der Waals surface area contributed by atoms with Crippen LogP contribution in [0.3, 0.4) is 0 Å². The molecule has 23 heavy (non-hydrogen) atoms. The number of hydrogen-bond donors (Lipinski definition) is 3. The van der Waals surface area contributed by atoms with Gasteiger partial charge in [-0.1, -0.05) is 33.4 Å². The molecule has 0 aliphatic heterocycles. The minimum atomic E-state index is -1.19. The number of nitrogens with one attached hydrogen (secondary N) is 1. The first-order valence-electron chi connectivity index (χ1n) is 7.21. The van der Waals surface area contributed by atoms with Gasteiger partial charge >= 0.3 is 6.09 Å². The van der Waals surface area contributed by atoms with Crippen LogP contribution in [-0.4, -0.2) is 50.9 Å². The summed E-state index contributed by atoms with van der Waals surface area (Å²) in [6.07, 6.45) is 0.244. The molecule has 2 N–H and O–H groups in total. The van der Waals surface area contributed by atoms with E-state index in [1.54, 1.807) is 6.07 Å². The zero-order chi connectivity index (χ0) is 17.2. The molecule has 2 aromatic rings. The Labute approximate surface area is 140 Å². The number of carbonyl (C=O) groups is 1. The molecule has 126 valence electrons. The van der Waals surface area contributed by atoms with E-state index in [0.29, 0.717) is 5.56 Å². The predicted octanol–water partition coefficient (Wildman–Crippen LogP) is 2.86. The number of pyridine rings is 1. The summed E-state index contributed by atoms with van der Waals surface area (Å²) in [6, 6.07) is 3.10. The van der Waals surface area contributed by atoms with E-state index in [-0.39, 0.29) is 16.9 Å². The quantitative estimate of drug-likeness (QED) is 0.719. The first-order chi connectivity index (χ1) is 11.0. The van der Waals surface area contributed by atoms with Crippen LogP contribution in [0.1, 0.15) is 20.8 Å². The summed E-state index contributed by atoms with van der Waals surface area (Å²) < 4.78 is 5.07. The summed E-state index contributed by atoms with van der Waals surface area (Å²) in [5, 5.41) is 18.1. The van der Waals surface area contributed by atoms with Gasteiger partial charge in [0.15, 0.2) is 0 Å². The van der Waals surface area contributed by atoms with Crippen molar-refractivity contribution in [3.8, 4) is 11.5 Å². The highest BCUT2D eigenvalue weighted by Crippen LogP contribution is 2.20. The average molecular weight is 339 g/mol. The Balaban J connectivity index is 0.000000322. The molecule has 0 atom stereocenters. The first kappa shape index (κ1) is 18.9. The third kappa shape index (κ3) is 6.66. The van der Waals surface area contributed by atoms with Crippen LogP contribution in [0, 0.1) is 0 Å². The van der Waals surface area contributed by atoms with Crippen molar-refractivity contribution in [3.05, 3.63) is 18.3 Å². The molecule has 0 bridgehead atoms. The van der Waals surface area contributed by atoms with E-state index in [4.69, 9.17) is 9.52 Å². The molecule has 9 heteroatoms. The Morgan fingerprint density at radius 3 is 2.39 bits per heavy atom. The van der Waals surface area contributed by atoms with Gasteiger partial charge in [-0.25, -0.2) is 9.78 Å². The van der Waals surface area contributed by atoms with E-state index < -0.39 is 6.09 Å². The van der Waals surface area contributed by atoms with Gasteiger partial charge in [-0.15, -0.1) is 10.2 Å². The molecule has 0 radical (unpaired) electrons. The molecule has 2 heterocycles. The van der Waals surface area contributed by atoms with Gasteiger partial charge in [0.25, 0.3) is 5.22 Å². The Morgan fingerprint density at radius 1 is 1.30 bits per heavy atom. The summed E-state index contributed by atoms with van der Waals surface area (Å²) >= 11 is 3.87. The maximum Gasteiger partial charge on any atom is 0.410 e. The highest BCUT2D eigenvalue weighted by molar-refractivity contribution is 7.80. The van der Waals surface area contributed by atoms with E-state index in [1.807, 2.05) is 0 Å². The van der Waals surface area contributed by atoms with Crippen LogP contribution < -0.4 is 5.32 Å². The number of nitrogens with zero attached hydrogens (tertiary/aromatic N) is 4. The zero-order valence-corrected chi connectivity index (χ0v) is 14.2. The van der Waals surface area contributed by atoms with Crippen LogP contribution in [-0.2, 0) is 0 Å². The van der Waals surface area contributed by atoms with Gasteiger partial charge < -0.3 is 14.4 Å². The van der Waals surface area contributed by atoms with Crippen molar-refractivity contribution in [3.63, 3.8) is 0 Å². The molecule has 0 aromatic carbocycles. The normalized spacial score (nSPS) is 10.1. The lowest BCUT2D eigenvalue weighted by Crippen LogP contribution is -2.21. The molecule has 0 aliphatic carbocycles. The van der Waals surface area contributed by atoms with Gasteiger partial charge in [-0.3, -0.25) is 5.32 Å². The van der Waals surface area contributed by atoms with Crippen molar-refractivity contribution in [2.75, 3.05) is 25.0 Å². The highest BCUT2D eigenvalue weighted by atomic mass is 32.1. The van der Waals surface area contributed by atoms with E-state index in [2.05, 4.69) is 58.8 Å².